The van der Waals surface area contributed by atoms with Crippen LogP contribution >= 0.6 is 15.9 Å². The molecular formula is C16H22BrNO3. The van der Waals surface area contributed by atoms with Crippen LogP contribution in [-0.2, 0) is 16.1 Å². The number of nitrogens with zero attached hydrogens (tertiary/aromatic N) is 1. The van der Waals surface area contributed by atoms with Gasteiger partial charge in [0.1, 0.15) is 0 Å². The van der Waals surface area contributed by atoms with E-state index in [9.17, 15) is 4.79 Å². The van der Waals surface area contributed by atoms with Gasteiger partial charge in [-0.25, -0.2) is 0 Å². The van der Waals surface area contributed by atoms with Crippen LogP contribution in [0, 0.1) is 6.92 Å². The Labute approximate surface area is 134 Å². The Balaban J connectivity index is 1.75. The zero-order valence-corrected chi connectivity index (χ0v) is 13.9. The highest BCUT2D eigenvalue weighted by molar-refractivity contribution is 9.10. The van der Waals surface area contributed by atoms with Crippen LogP contribution in [0.15, 0.2) is 22.7 Å². The van der Waals surface area contributed by atoms with E-state index >= 15 is 0 Å². The molecule has 4 nitrogen and oxygen atoms in total. The number of likely N-dealkylation sites (tertiary alicyclic amines) is 1. The Bertz CT molecular complexity index is 484. The molecule has 116 valence electrons. The molecule has 5 heteroatoms. The third kappa shape index (κ3) is 5.41. The maximum absolute atomic E-state index is 10.5. The van der Waals surface area contributed by atoms with E-state index in [-0.39, 0.29) is 12.5 Å². The lowest BCUT2D eigenvalue weighted by molar-refractivity contribution is -0.138. The highest BCUT2D eigenvalue weighted by Gasteiger charge is 2.20. The van der Waals surface area contributed by atoms with Crippen LogP contribution in [0.5, 0.6) is 0 Å². The van der Waals surface area contributed by atoms with Gasteiger partial charge >= 0.3 is 5.97 Å². The first-order chi connectivity index (χ1) is 10.0. The molecule has 1 aromatic rings. The molecule has 0 unspecified atom stereocenters. The Morgan fingerprint density at radius 1 is 1.43 bits per heavy atom. The lowest BCUT2D eigenvalue weighted by Gasteiger charge is -2.32. The SMILES string of the molecule is Cc1ccc(CN2CCC(OCCC(=O)O)CC2)c(Br)c1. The number of carboxylic acids is 1. The van der Waals surface area contributed by atoms with Crippen molar-refractivity contribution < 1.29 is 14.6 Å². The first-order valence-corrected chi connectivity index (χ1v) is 8.14. The summed E-state index contributed by atoms with van der Waals surface area (Å²) in [6, 6.07) is 6.47. The smallest absolute Gasteiger partial charge is 0.305 e. The average molecular weight is 356 g/mol. The minimum absolute atomic E-state index is 0.0938. The lowest BCUT2D eigenvalue weighted by atomic mass is 10.1. The molecule has 1 fully saturated rings. The van der Waals surface area contributed by atoms with Gasteiger partial charge in [-0.15, -0.1) is 0 Å². The van der Waals surface area contributed by atoms with Gasteiger partial charge < -0.3 is 9.84 Å². The normalized spacial score (nSPS) is 17.0. The van der Waals surface area contributed by atoms with Crippen molar-refractivity contribution in [2.45, 2.75) is 38.8 Å². The molecule has 1 saturated heterocycles. The summed E-state index contributed by atoms with van der Waals surface area (Å²) in [7, 11) is 0. The van der Waals surface area contributed by atoms with E-state index in [1.165, 1.54) is 15.6 Å². The summed E-state index contributed by atoms with van der Waals surface area (Å²) >= 11 is 3.63. The van der Waals surface area contributed by atoms with E-state index in [4.69, 9.17) is 9.84 Å². The Kier molecular flexibility index (Phi) is 6.21. The fourth-order valence-electron chi connectivity index (χ4n) is 2.57. The van der Waals surface area contributed by atoms with E-state index in [0.29, 0.717) is 6.61 Å². The van der Waals surface area contributed by atoms with Crippen LogP contribution in [-0.4, -0.2) is 41.8 Å². The number of ether oxygens (including phenoxy) is 1. The van der Waals surface area contributed by atoms with E-state index in [1.807, 2.05) is 0 Å². The number of piperidine rings is 1. The fourth-order valence-corrected chi connectivity index (χ4v) is 3.19. The number of hydrogen-bond acceptors (Lipinski definition) is 3. The lowest BCUT2D eigenvalue weighted by Crippen LogP contribution is -2.36. The summed E-state index contributed by atoms with van der Waals surface area (Å²) < 4.78 is 6.78. The van der Waals surface area contributed by atoms with Crippen LogP contribution < -0.4 is 0 Å². The van der Waals surface area contributed by atoms with Crippen molar-refractivity contribution in [3.8, 4) is 0 Å². The van der Waals surface area contributed by atoms with Gasteiger partial charge in [0.2, 0.25) is 0 Å². The second kappa shape index (κ2) is 7.92. The molecule has 0 bridgehead atoms. The highest BCUT2D eigenvalue weighted by atomic mass is 79.9. The van der Waals surface area contributed by atoms with Crippen LogP contribution in [0.4, 0.5) is 0 Å². The molecule has 0 atom stereocenters. The summed E-state index contributed by atoms with van der Waals surface area (Å²) in [5.41, 5.74) is 2.57. The molecule has 1 aromatic carbocycles. The number of aryl methyl sites for hydroxylation is 1. The summed E-state index contributed by atoms with van der Waals surface area (Å²) in [4.78, 5) is 12.9. The number of hydrogen-bond donors (Lipinski definition) is 1. The maximum Gasteiger partial charge on any atom is 0.305 e. The molecule has 0 amide bonds. The summed E-state index contributed by atoms with van der Waals surface area (Å²) in [5.74, 6) is -0.795. The van der Waals surface area contributed by atoms with Gasteiger partial charge in [-0.1, -0.05) is 28.1 Å². The molecule has 0 saturated carbocycles. The summed E-state index contributed by atoms with van der Waals surface area (Å²) in [6.07, 6.45) is 2.25. The fraction of sp³-hybridized carbons (Fsp3) is 0.562. The number of carbonyl (C=O) groups is 1. The largest absolute Gasteiger partial charge is 0.481 e. The van der Waals surface area contributed by atoms with Crippen molar-refractivity contribution in [1.82, 2.24) is 4.90 Å². The van der Waals surface area contributed by atoms with Crippen molar-refractivity contribution in [3.05, 3.63) is 33.8 Å². The molecule has 0 spiro atoms. The standard InChI is InChI=1S/C16H22BrNO3/c1-12-2-3-13(15(17)10-12)11-18-7-4-14(5-8-18)21-9-6-16(19)20/h2-3,10,14H,4-9,11H2,1H3,(H,19,20). The van der Waals surface area contributed by atoms with Crippen molar-refractivity contribution in [2.24, 2.45) is 0 Å². The molecule has 1 aliphatic rings. The first-order valence-electron chi connectivity index (χ1n) is 7.35. The van der Waals surface area contributed by atoms with E-state index < -0.39 is 5.97 Å². The van der Waals surface area contributed by atoms with Crippen LogP contribution in [0.3, 0.4) is 0 Å². The molecule has 0 aliphatic carbocycles. The first kappa shape index (κ1) is 16.5. The minimum Gasteiger partial charge on any atom is -0.481 e. The third-order valence-electron chi connectivity index (χ3n) is 3.81. The number of rotatable bonds is 6. The molecule has 0 radical (unpaired) electrons. The van der Waals surface area contributed by atoms with Gasteiger partial charge in [-0.05, 0) is 37.0 Å². The monoisotopic (exact) mass is 355 g/mol. The predicted molar refractivity (Wildman–Crippen MR) is 85.4 cm³/mol. The molecule has 1 heterocycles. The maximum atomic E-state index is 10.5. The van der Waals surface area contributed by atoms with E-state index in [0.717, 1.165) is 32.5 Å². The average Bonchev–Trinajstić information content (AvgIpc) is 2.43. The number of benzene rings is 1. The van der Waals surface area contributed by atoms with Gasteiger partial charge in [0.15, 0.2) is 0 Å². The molecule has 1 N–H and O–H groups in total. The molecule has 21 heavy (non-hydrogen) atoms. The van der Waals surface area contributed by atoms with Crippen LogP contribution in [0.2, 0.25) is 0 Å². The van der Waals surface area contributed by atoms with Crippen LogP contribution in [0.25, 0.3) is 0 Å². The van der Waals surface area contributed by atoms with Gasteiger partial charge in [-0.3, -0.25) is 9.69 Å². The quantitative estimate of drug-likeness (QED) is 0.850. The van der Waals surface area contributed by atoms with E-state index in [1.54, 1.807) is 0 Å². The second-order valence-electron chi connectivity index (χ2n) is 5.58. The van der Waals surface area contributed by atoms with Crippen molar-refractivity contribution in [1.29, 1.82) is 0 Å². The third-order valence-corrected chi connectivity index (χ3v) is 4.54. The van der Waals surface area contributed by atoms with Crippen molar-refractivity contribution in [3.63, 3.8) is 0 Å². The summed E-state index contributed by atoms with van der Waals surface area (Å²) in [6.45, 7) is 5.36. The zero-order chi connectivity index (χ0) is 15.2. The van der Waals surface area contributed by atoms with E-state index in [2.05, 4.69) is 46.0 Å². The number of carboxylic acid groups (broad SMARTS) is 1. The van der Waals surface area contributed by atoms with Gasteiger partial charge in [0, 0.05) is 24.1 Å². The Morgan fingerprint density at radius 2 is 2.14 bits per heavy atom. The molecule has 2 rings (SSSR count). The molecule has 1 aliphatic heterocycles. The second-order valence-corrected chi connectivity index (χ2v) is 6.44. The predicted octanol–water partition coefficient (Wildman–Crippen LogP) is 3.21. The van der Waals surface area contributed by atoms with Crippen molar-refractivity contribution in [2.75, 3.05) is 19.7 Å². The molecule has 0 aromatic heterocycles. The highest BCUT2D eigenvalue weighted by Crippen LogP contribution is 2.22. The topological polar surface area (TPSA) is 49.8 Å². The van der Waals surface area contributed by atoms with Crippen LogP contribution in [0.1, 0.15) is 30.4 Å². The summed E-state index contributed by atoms with van der Waals surface area (Å²) in [5, 5.41) is 8.60. The molecular weight excluding hydrogens is 334 g/mol. The van der Waals surface area contributed by atoms with Crippen molar-refractivity contribution >= 4 is 21.9 Å². The van der Waals surface area contributed by atoms with Gasteiger partial charge in [0.25, 0.3) is 0 Å². The minimum atomic E-state index is -0.795. The Hall–Kier alpha value is -0.910. The number of aliphatic carboxylic acids is 1. The van der Waals surface area contributed by atoms with Gasteiger partial charge in [-0.2, -0.15) is 0 Å². The van der Waals surface area contributed by atoms with Gasteiger partial charge in [0.05, 0.1) is 19.1 Å². The Morgan fingerprint density at radius 3 is 2.76 bits per heavy atom. The number of halogens is 1. The zero-order valence-electron chi connectivity index (χ0n) is 12.3.